The van der Waals surface area contributed by atoms with Crippen LogP contribution in [0.3, 0.4) is 0 Å². The van der Waals surface area contributed by atoms with Gasteiger partial charge in [0.05, 0.1) is 13.3 Å². The molecule has 3 aromatic rings. The average molecular weight is 472 g/mol. The highest BCUT2D eigenvalue weighted by atomic mass is 32.2. The SMILES string of the molecule is COc1ccc(-c2nccnc2N2CCN(CCN(C)S(=O)(=O)c3cnn(C)c3)CC2)cc1. The number of anilines is 1. The van der Waals surface area contributed by atoms with Gasteiger partial charge in [0.1, 0.15) is 16.3 Å². The lowest BCUT2D eigenvalue weighted by Crippen LogP contribution is -2.49. The smallest absolute Gasteiger partial charge is 0.245 e. The van der Waals surface area contributed by atoms with E-state index < -0.39 is 10.0 Å². The second-order valence-corrected chi connectivity index (χ2v) is 10.0. The number of piperazine rings is 1. The fourth-order valence-electron chi connectivity index (χ4n) is 3.81. The second-order valence-electron chi connectivity index (χ2n) is 7.96. The van der Waals surface area contributed by atoms with Crippen LogP contribution in [0.4, 0.5) is 5.82 Å². The quantitative estimate of drug-likeness (QED) is 0.486. The Hall–Kier alpha value is -3.02. The van der Waals surface area contributed by atoms with Gasteiger partial charge < -0.3 is 9.64 Å². The number of sulfonamides is 1. The average Bonchev–Trinajstić information content (AvgIpc) is 3.30. The molecule has 11 heteroatoms. The number of hydrogen-bond donors (Lipinski definition) is 0. The van der Waals surface area contributed by atoms with Crippen LogP contribution in [0, 0.1) is 0 Å². The Morgan fingerprint density at radius 3 is 2.39 bits per heavy atom. The molecule has 0 radical (unpaired) electrons. The largest absolute Gasteiger partial charge is 0.497 e. The van der Waals surface area contributed by atoms with E-state index in [0.29, 0.717) is 13.1 Å². The van der Waals surface area contributed by atoms with Crippen LogP contribution in [0.2, 0.25) is 0 Å². The van der Waals surface area contributed by atoms with E-state index in [2.05, 4.69) is 24.9 Å². The highest BCUT2D eigenvalue weighted by molar-refractivity contribution is 7.89. The van der Waals surface area contributed by atoms with Gasteiger partial charge in [-0.25, -0.2) is 13.4 Å². The van der Waals surface area contributed by atoms with Crippen LogP contribution in [0.5, 0.6) is 5.75 Å². The number of methoxy groups -OCH3 is 1. The molecule has 0 unspecified atom stereocenters. The van der Waals surface area contributed by atoms with Gasteiger partial charge in [-0.1, -0.05) is 0 Å². The third-order valence-electron chi connectivity index (χ3n) is 5.83. The monoisotopic (exact) mass is 471 g/mol. The predicted octanol–water partition coefficient (Wildman–Crippen LogP) is 1.33. The first-order valence-corrected chi connectivity index (χ1v) is 12.2. The summed E-state index contributed by atoms with van der Waals surface area (Å²) in [6.45, 7) is 4.30. The van der Waals surface area contributed by atoms with Gasteiger partial charge in [0.2, 0.25) is 10.0 Å². The van der Waals surface area contributed by atoms with Gasteiger partial charge in [0.15, 0.2) is 5.82 Å². The molecule has 1 fully saturated rings. The number of nitrogens with zero attached hydrogens (tertiary/aromatic N) is 7. The number of hydrogen-bond acceptors (Lipinski definition) is 8. The van der Waals surface area contributed by atoms with E-state index in [4.69, 9.17) is 4.74 Å². The molecule has 0 bridgehead atoms. The summed E-state index contributed by atoms with van der Waals surface area (Å²) >= 11 is 0. The fourth-order valence-corrected chi connectivity index (χ4v) is 4.96. The number of aryl methyl sites for hydroxylation is 1. The third-order valence-corrected chi connectivity index (χ3v) is 7.64. The van der Waals surface area contributed by atoms with Crippen LogP contribution in [0.25, 0.3) is 11.3 Å². The summed E-state index contributed by atoms with van der Waals surface area (Å²) in [6.07, 6.45) is 6.32. The van der Waals surface area contributed by atoms with Crippen molar-refractivity contribution in [1.82, 2.24) is 29.0 Å². The molecule has 1 saturated heterocycles. The zero-order chi connectivity index (χ0) is 23.4. The molecule has 33 heavy (non-hydrogen) atoms. The van der Waals surface area contributed by atoms with Gasteiger partial charge in [-0.05, 0) is 24.3 Å². The molecule has 0 N–H and O–H groups in total. The maximum Gasteiger partial charge on any atom is 0.245 e. The van der Waals surface area contributed by atoms with Crippen molar-refractivity contribution in [1.29, 1.82) is 0 Å². The van der Waals surface area contributed by atoms with Crippen molar-refractivity contribution in [3.63, 3.8) is 0 Å². The molecule has 1 aromatic carbocycles. The van der Waals surface area contributed by atoms with Gasteiger partial charge in [-0.15, -0.1) is 0 Å². The molecule has 0 atom stereocenters. The summed E-state index contributed by atoms with van der Waals surface area (Å²) in [6, 6.07) is 7.81. The first kappa shape index (κ1) is 23.1. The third kappa shape index (κ3) is 5.15. The molecule has 176 valence electrons. The summed E-state index contributed by atoms with van der Waals surface area (Å²) in [5.74, 6) is 1.66. The van der Waals surface area contributed by atoms with Crippen LogP contribution < -0.4 is 9.64 Å². The van der Waals surface area contributed by atoms with Crippen molar-refractivity contribution in [2.75, 3.05) is 58.3 Å². The lowest BCUT2D eigenvalue weighted by atomic mass is 10.1. The van der Waals surface area contributed by atoms with E-state index in [0.717, 1.165) is 49.0 Å². The number of likely N-dealkylation sites (N-methyl/N-ethyl adjacent to an activating group) is 1. The van der Waals surface area contributed by atoms with Crippen molar-refractivity contribution in [3.05, 3.63) is 49.1 Å². The topological polar surface area (TPSA) is 96.7 Å². The van der Waals surface area contributed by atoms with Gasteiger partial charge in [0.25, 0.3) is 0 Å². The zero-order valence-electron chi connectivity index (χ0n) is 19.1. The van der Waals surface area contributed by atoms with Crippen molar-refractivity contribution >= 4 is 15.8 Å². The maximum atomic E-state index is 12.7. The minimum absolute atomic E-state index is 0.214. The van der Waals surface area contributed by atoms with E-state index >= 15 is 0 Å². The van der Waals surface area contributed by atoms with Crippen LogP contribution in [0.1, 0.15) is 0 Å². The number of rotatable bonds is 8. The van der Waals surface area contributed by atoms with E-state index in [1.54, 1.807) is 33.6 Å². The standard InChI is InChI=1S/C22H29N7O3S/c1-26-17-20(16-25-26)33(30,31)27(2)10-11-28-12-14-29(15-13-28)22-21(23-8-9-24-22)18-4-6-19(32-3)7-5-18/h4-9,16-17H,10-15H2,1-3H3. The minimum atomic E-state index is -3.53. The Balaban J connectivity index is 1.36. The minimum Gasteiger partial charge on any atom is -0.497 e. The Labute approximate surface area is 194 Å². The molecule has 3 heterocycles. The first-order chi connectivity index (χ1) is 15.9. The molecule has 0 amide bonds. The van der Waals surface area contributed by atoms with E-state index in [9.17, 15) is 8.42 Å². The molecule has 0 spiro atoms. The van der Waals surface area contributed by atoms with Crippen molar-refractivity contribution in [2.24, 2.45) is 7.05 Å². The zero-order valence-corrected chi connectivity index (χ0v) is 19.9. The number of ether oxygens (including phenoxy) is 1. The molecule has 1 aliphatic heterocycles. The van der Waals surface area contributed by atoms with E-state index in [1.165, 1.54) is 21.4 Å². The van der Waals surface area contributed by atoms with Crippen LogP contribution in [0.15, 0.2) is 53.9 Å². The fraction of sp³-hybridized carbons (Fsp3) is 0.409. The Morgan fingerprint density at radius 2 is 1.76 bits per heavy atom. The van der Waals surface area contributed by atoms with Gasteiger partial charge in [-0.2, -0.15) is 9.40 Å². The van der Waals surface area contributed by atoms with Gasteiger partial charge >= 0.3 is 0 Å². The van der Waals surface area contributed by atoms with Crippen LogP contribution >= 0.6 is 0 Å². The molecular formula is C22H29N7O3S. The summed E-state index contributed by atoms with van der Waals surface area (Å²) in [7, 11) is 1.43. The van der Waals surface area contributed by atoms with Crippen LogP contribution in [-0.4, -0.2) is 90.8 Å². The van der Waals surface area contributed by atoms with E-state index in [-0.39, 0.29) is 4.90 Å². The Kier molecular flexibility index (Phi) is 6.91. The first-order valence-electron chi connectivity index (χ1n) is 10.8. The Morgan fingerprint density at radius 1 is 1.06 bits per heavy atom. The number of benzene rings is 1. The number of aromatic nitrogens is 4. The summed E-state index contributed by atoms with van der Waals surface area (Å²) < 4.78 is 33.5. The Bertz CT molecular complexity index is 1170. The van der Waals surface area contributed by atoms with Crippen LogP contribution in [-0.2, 0) is 17.1 Å². The van der Waals surface area contributed by atoms with Gasteiger partial charge in [0, 0.05) is 77.5 Å². The lowest BCUT2D eigenvalue weighted by Gasteiger charge is -2.36. The maximum absolute atomic E-state index is 12.7. The highest BCUT2D eigenvalue weighted by Gasteiger charge is 2.25. The second kappa shape index (κ2) is 9.86. The van der Waals surface area contributed by atoms with E-state index in [1.807, 2.05) is 24.3 Å². The molecule has 10 nitrogen and oxygen atoms in total. The normalized spacial score (nSPS) is 15.2. The molecule has 4 rings (SSSR count). The molecule has 0 saturated carbocycles. The highest BCUT2D eigenvalue weighted by Crippen LogP contribution is 2.28. The van der Waals surface area contributed by atoms with Crippen molar-refractivity contribution in [2.45, 2.75) is 4.90 Å². The van der Waals surface area contributed by atoms with Gasteiger partial charge in [-0.3, -0.25) is 14.6 Å². The lowest BCUT2D eigenvalue weighted by molar-refractivity contribution is 0.243. The molecule has 2 aromatic heterocycles. The summed E-state index contributed by atoms with van der Waals surface area (Å²) in [4.78, 5) is 13.9. The summed E-state index contributed by atoms with van der Waals surface area (Å²) in [5, 5.41) is 3.97. The molecular weight excluding hydrogens is 442 g/mol. The summed E-state index contributed by atoms with van der Waals surface area (Å²) in [5.41, 5.74) is 1.83. The molecule has 0 aliphatic carbocycles. The predicted molar refractivity (Wildman–Crippen MR) is 126 cm³/mol. The van der Waals surface area contributed by atoms with Crippen molar-refractivity contribution in [3.8, 4) is 17.0 Å². The van der Waals surface area contributed by atoms with Crippen molar-refractivity contribution < 1.29 is 13.2 Å². The molecule has 1 aliphatic rings.